The zero-order chi connectivity index (χ0) is 19.4. The van der Waals surface area contributed by atoms with E-state index in [2.05, 4.69) is 43.8 Å². The largest absolute Gasteiger partial charge is 0.326 e. The fraction of sp³-hybridized carbons (Fsp3) is 0.316. The Morgan fingerprint density at radius 1 is 1.07 bits per heavy atom. The lowest BCUT2D eigenvalue weighted by Crippen LogP contribution is -2.41. The van der Waals surface area contributed by atoms with Crippen LogP contribution < -0.4 is 5.32 Å². The topological polar surface area (TPSA) is 66.5 Å². The van der Waals surface area contributed by atoms with Crippen LogP contribution in [0.15, 0.2) is 53.0 Å². The third kappa shape index (κ3) is 5.75. The Kier molecular flexibility index (Phi) is 6.93. The first-order chi connectivity index (χ1) is 12.8. The minimum absolute atomic E-state index is 0.0141. The molecule has 3 rings (SSSR count). The van der Waals surface area contributed by atoms with Crippen molar-refractivity contribution in [3.8, 4) is 0 Å². The maximum absolute atomic E-state index is 12.7. The van der Waals surface area contributed by atoms with Crippen molar-refractivity contribution in [2.45, 2.75) is 18.6 Å². The zero-order valence-electron chi connectivity index (χ0n) is 14.6. The smallest absolute Gasteiger partial charge is 0.227 e. The molecule has 0 unspecified atom stereocenters. The Bertz CT molecular complexity index is 894. The first-order valence-corrected chi connectivity index (χ1v) is 12.1. The van der Waals surface area contributed by atoms with Gasteiger partial charge in [0.05, 0.1) is 5.75 Å². The minimum Gasteiger partial charge on any atom is -0.326 e. The molecule has 0 saturated carbocycles. The van der Waals surface area contributed by atoms with Gasteiger partial charge in [-0.05, 0) is 77.4 Å². The molecular weight excluding hydrogens is 543 g/mol. The van der Waals surface area contributed by atoms with Crippen molar-refractivity contribution in [2.75, 3.05) is 18.4 Å². The molecule has 0 radical (unpaired) electrons. The molecule has 1 heterocycles. The normalized spacial score (nSPS) is 16.2. The molecule has 1 N–H and O–H groups in total. The first-order valence-electron chi connectivity index (χ1n) is 8.62. The molecule has 0 spiro atoms. The van der Waals surface area contributed by atoms with Crippen molar-refractivity contribution in [3.05, 3.63) is 62.1 Å². The number of hydrogen-bond donors (Lipinski definition) is 1. The molecule has 1 saturated heterocycles. The highest BCUT2D eigenvalue weighted by Gasteiger charge is 2.31. The van der Waals surface area contributed by atoms with Crippen LogP contribution in [-0.2, 0) is 20.6 Å². The number of hydrogen-bond acceptors (Lipinski definition) is 3. The summed E-state index contributed by atoms with van der Waals surface area (Å²) in [7, 11) is -3.38. The van der Waals surface area contributed by atoms with Crippen molar-refractivity contribution in [3.63, 3.8) is 0 Å². The molecule has 27 heavy (non-hydrogen) atoms. The van der Waals surface area contributed by atoms with Crippen LogP contribution in [-0.4, -0.2) is 31.7 Å². The van der Waals surface area contributed by atoms with E-state index in [4.69, 9.17) is 0 Å². The molecule has 0 aromatic heterocycles. The number of halogens is 2. The fourth-order valence-electron chi connectivity index (χ4n) is 3.06. The number of carbonyl (C=O) groups is 1. The van der Waals surface area contributed by atoms with E-state index in [0.29, 0.717) is 25.9 Å². The Morgan fingerprint density at radius 3 is 2.26 bits per heavy atom. The van der Waals surface area contributed by atoms with Gasteiger partial charge in [0.25, 0.3) is 0 Å². The van der Waals surface area contributed by atoms with E-state index >= 15 is 0 Å². The number of sulfonamides is 1. The van der Waals surface area contributed by atoms with Crippen molar-refractivity contribution in [1.82, 2.24) is 4.31 Å². The Labute approximate surface area is 181 Å². The third-order valence-corrected chi connectivity index (χ3v) is 7.69. The number of nitrogens with zero attached hydrogens (tertiary/aromatic N) is 1. The van der Waals surface area contributed by atoms with Crippen molar-refractivity contribution in [1.29, 1.82) is 0 Å². The Morgan fingerprint density at radius 2 is 1.67 bits per heavy atom. The van der Waals surface area contributed by atoms with Crippen molar-refractivity contribution in [2.24, 2.45) is 5.92 Å². The maximum Gasteiger partial charge on any atom is 0.227 e. The van der Waals surface area contributed by atoms with E-state index in [1.807, 2.05) is 48.5 Å². The number of anilines is 1. The van der Waals surface area contributed by atoms with E-state index in [1.165, 1.54) is 4.31 Å². The number of rotatable bonds is 5. The lowest BCUT2D eigenvalue weighted by Gasteiger charge is -2.30. The molecule has 0 aliphatic carbocycles. The van der Waals surface area contributed by atoms with Gasteiger partial charge in [-0.1, -0.05) is 28.1 Å². The third-order valence-electron chi connectivity index (χ3n) is 4.59. The molecule has 144 valence electrons. The molecule has 0 atom stereocenters. The number of carbonyl (C=O) groups excluding carboxylic acids is 1. The fourth-order valence-corrected chi connectivity index (χ4v) is 5.24. The molecule has 2 aromatic rings. The summed E-state index contributed by atoms with van der Waals surface area (Å²) in [6.07, 6.45) is 1.07. The number of amides is 1. The van der Waals surface area contributed by atoms with Gasteiger partial charge in [-0.2, -0.15) is 0 Å². The van der Waals surface area contributed by atoms with E-state index in [-0.39, 0.29) is 17.6 Å². The van der Waals surface area contributed by atoms with Gasteiger partial charge < -0.3 is 5.32 Å². The summed E-state index contributed by atoms with van der Waals surface area (Å²) in [6.45, 7) is 0.757. The summed E-state index contributed by atoms with van der Waals surface area (Å²) < 4.78 is 28.8. The highest BCUT2D eigenvalue weighted by molar-refractivity contribution is 14.1. The molecule has 0 bridgehead atoms. The Balaban J connectivity index is 1.55. The van der Waals surface area contributed by atoms with Crippen LogP contribution in [0.4, 0.5) is 5.69 Å². The summed E-state index contributed by atoms with van der Waals surface area (Å²) in [5.41, 5.74) is 1.53. The SMILES string of the molecule is O=C(Nc1ccc(I)cc1)C1CCN(S(=O)(=O)Cc2ccc(Br)cc2)CC1. The summed E-state index contributed by atoms with van der Waals surface area (Å²) in [4.78, 5) is 12.4. The average Bonchev–Trinajstić information content (AvgIpc) is 2.65. The maximum atomic E-state index is 12.7. The highest BCUT2D eigenvalue weighted by Crippen LogP contribution is 2.24. The van der Waals surface area contributed by atoms with Crippen molar-refractivity contribution < 1.29 is 13.2 Å². The van der Waals surface area contributed by atoms with E-state index in [1.54, 1.807) is 0 Å². The van der Waals surface area contributed by atoms with Gasteiger partial charge in [0.2, 0.25) is 15.9 Å². The van der Waals surface area contributed by atoms with Crippen LogP contribution in [0.5, 0.6) is 0 Å². The van der Waals surface area contributed by atoms with Gasteiger partial charge in [0, 0.05) is 32.7 Å². The van der Waals surface area contributed by atoms with Crippen molar-refractivity contribution >= 4 is 60.1 Å². The average molecular weight is 563 g/mol. The second kappa shape index (κ2) is 9.02. The second-order valence-corrected chi connectivity index (χ2v) is 10.7. The molecule has 1 aliphatic heterocycles. The van der Waals surface area contributed by atoms with Gasteiger partial charge in [0.15, 0.2) is 0 Å². The zero-order valence-corrected chi connectivity index (χ0v) is 19.1. The molecule has 2 aromatic carbocycles. The van der Waals surface area contributed by atoms with Crippen LogP contribution in [0.2, 0.25) is 0 Å². The van der Waals surface area contributed by atoms with Crippen LogP contribution in [0.3, 0.4) is 0 Å². The predicted molar refractivity (Wildman–Crippen MR) is 119 cm³/mol. The first kappa shape index (κ1) is 20.8. The highest BCUT2D eigenvalue weighted by atomic mass is 127. The summed E-state index contributed by atoms with van der Waals surface area (Å²) in [5.74, 6) is -0.218. The van der Waals surface area contributed by atoms with E-state index in [0.717, 1.165) is 19.3 Å². The second-order valence-electron chi connectivity index (χ2n) is 6.55. The molecule has 1 fully saturated rings. The van der Waals surface area contributed by atoms with Crippen LogP contribution >= 0.6 is 38.5 Å². The lowest BCUT2D eigenvalue weighted by atomic mass is 9.97. The van der Waals surface area contributed by atoms with Gasteiger partial charge >= 0.3 is 0 Å². The van der Waals surface area contributed by atoms with Crippen LogP contribution in [0.1, 0.15) is 18.4 Å². The van der Waals surface area contributed by atoms with Gasteiger partial charge in [0.1, 0.15) is 0 Å². The predicted octanol–water partition coefficient (Wildman–Crippen LogP) is 4.23. The standard InChI is InChI=1S/C19H20BrIN2O3S/c20-16-3-1-14(2-4-16)13-27(25,26)23-11-9-15(10-12-23)19(24)22-18-7-5-17(21)6-8-18/h1-8,15H,9-13H2,(H,22,24). The van der Waals surface area contributed by atoms with E-state index in [9.17, 15) is 13.2 Å². The summed E-state index contributed by atoms with van der Waals surface area (Å²) in [6, 6.07) is 14.9. The number of benzene rings is 2. The minimum atomic E-state index is -3.38. The number of piperidine rings is 1. The number of nitrogens with one attached hydrogen (secondary N) is 1. The monoisotopic (exact) mass is 562 g/mol. The summed E-state index contributed by atoms with van der Waals surface area (Å²) in [5, 5.41) is 2.92. The van der Waals surface area contributed by atoms with Gasteiger partial charge in [-0.15, -0.1) is 0 Å². The van der Waals surface area contributed by atoms with Crippen LogP contribution in [0.25, 0.3) is 0 Å². The van der Waals surface area contributed by atoms with Gasteiger partial charge in [-0.3, -0.25) is 4.79 Å². The molecule has 8 heteroatoms. The molecule has 1 aliphatic rings. The Hall–Kier alpha value is -0.970. The molecular formula is C19H20BrIN2O3S. The lowest BCUT2D eigenvalue weighted by molar-refractivity contribution is -0.120. The molecule has 1 amide bonds. The quantitative estimate of drug-likeness (QED) is 0.555. The van der Waals surface area contributed by atoms with Gasteiger partial charge in [-0.25, -0.2) is 12.7 Å². The molecule has 5 nitrogen and oxygen atoms in total. The summed E-state index contributed by atoms with van der Waals surface area (Å²) >= 11 is 5.57. The van der Waals surface area contributed by atoms with Crippen LogP contribution in [0, 0.1) is 9.49 Å². The van der Waals surface area contributed by atoms with E-state index < -0.39 is 10.0 Å².